The second kappa shape index (κ2) is 5.26. The molecule has 0 radical (unpaired) electrons. The predicted octanol–water partition coefficient (Wildman–Crippen LogP) is 4.22. The van der Waals surface area contributed by atoms with Gasteiger partial charge in [0.15, 0.2) is 5.82 Å². The topological polar surface area (TPSA) is 50.9 Å². The van der Waals surface area contributed by atoms with E-state index in [1.807, 2.05) is 0 Å². The zero-order valence-electron chi connectivity index (χ0n) is 10.7. The first-order chi connectivity index (χ1) is 9.61. The van der Waals surface area contributed by atoms with Crippen LogP contribution in [0.25, 0.3) is 10.9 Å². The number of hydrogen-bond acceptors (Lipinski definition) is 3. The number of halogens is 3. The van der Waals surface area contributed by atoms with Crippen LogP contribution < -0.4 is 11.3 Å². The molecule has 0 unspecified atom stereocenters. The van der Waals surface area contributed by atoms with E-state index in [1.165, 1.54) is 0 Å². The highest BCUT2D eigenvalue weighted by molar-refractivity contribution is 9.10. The molecule has 3 N–H and O–H groups in total. The normalized spacial score (nSPS) is 16.0. The van der Waals surface area contributed by atoms with Gasteiger partial charge in [-0.05, 0) is 40.9 Å². The molecule has 6 heteroatoms. The van der Waals surface area contributed by atoms with Crippen molar-refractivity contribution in [3.63, 3.8) is 0 Å². The van der Waals surface area contributed by atoms with Crippen molar-refractivity contribution in [1.29, 1.82) is 0 Å². The second-order valence-corrected chi connectivity index (χ2v) is 5.95. The van der Waals surface area contributed by atoms with Gasteiger partial charge in [-0.3, -0.25) is 5.84 Å². The fourth-order valence-corrected chi connectivity index (χ4v) is 3.27. The van der Waals surface area contributed by atoms with Gasteiger partial charge in [-0.2, -0.15) is 0 Å². The molecule has 1 aliphatic rings. The van der Waals surface area contributed by atoms with Gasteiger partial charge in [0, 0.05) is 11.6 Å². The third-order valence-corrected chi connectivity index (χ3v) is 4.45. The van der Waals surface area contributed by atoms with Crippen LogP contribution in [0.15, 0.2) is 16.6 Å². The summed E-state index contributed by atoms with van der Waals surface area (Å²) in [6.07, 6.45) is 4.35. The molecule has 1 aliphatic carbocycles. The Kier molecular flexibility index (Phi) is 3.60. The minimum absolute atomic E-state index is 0.0306. The van der Waals surface area contributed by atoms with E-state index < -0.39 is 11.6 Å². The Bertz CT molecular complexity index is 669. The van der Waals surface area contributed by atoms with Gasteiger partial charge in [-0.1, -0.05) is 12.8 Å². The van der Waals surface area contributed by atoms with Crippen LogP contribution in [-0.4, -0.2) is 4.98 Å². The second-order valence-electron chi connectivity index (χ2n) is 5.10. The number of pyridine rings is 1. The van der Waals surface area contributed by atoms with Crippen molar-refractivity contribution >= 4 is 32.5 Å². The van der Waals surface area contributed by atoms with Crippen LogP contribution >= 0.6 is 15.9 Å². The van der Waals surface area contributed by atoms with E-state index in [0.717, 1.165) is 37.4 Å². The summed E-state index contributed by atoms with van der Waals surface area (Å²) in [4.78, 5) is 4.34. The SMILES string of the molecule is NNc1cc(C2CCCC2)nc2c(F)cc(Br)c(F)c12. The summed E-state index contributed by atoms with van der Waals surface area (Å²) in [5.74, 6) is 4.67. The fourth-order valence-electron chi connectivity index (χ4n) is 2.87. The van der Waals surface area contributed by atoms with Crippen LogP contribution in [0, 0.1) is 11.6 Å². The van der Waals surface area contributed by atoms with E-state index in [1.54, 1.807) is 6.07 Å². The molecular weight excluding hydrogens is 328 g/mol. The van der Waals surface area contributed by atoms with E-state index in [2.05, 4.69) is 26.3 Å². The van der Waals surface area contributed by atoms with E-state index in [4.69, 9.17) is 5.84 Å². The zero-order chi connectivity index (χ0) is 14.3. The van der Waals surface area contributed by atoms with Crippen molar-refractivity contribution in [3.05, 3.63) is 33.9 Å². The molecule has 2 aromatic rings. The minimum atomic E-state index is -0.556. The van der Waals surface area contributed by atoms with Crippen LogP contribution in [0.2, 0.25) is 0 Å². The van der Waals surface area contributed by atoms with Crippen LogP contribution in [-0.2, 0) is 0 Å². The van der Waals surface area contributed by atoms with Gasteiger partial charge >= 0.3 is 0 Å². The molecule has 106 valence electrons. The number of nitrogens with zero attached hydrogens (tertiary/aromatic N) is 1. The van der Waals surface area contributed by atoms with E-state index >= 15 is 0 Å². The first-order valence-corrected chi connectivity index (χ1v) is 7.36. The quantitative estimate of drug-likeness (QED) is 0.488. The Morgan fingerprint density at radius 3 is 2.60 bits per heavy atom. The van der Waals surface area contributed by atoms with Crippen LogP contribution in [0.4, 0.5) is 14.5 Å². The van der Waals surface area contributed by atoms with Gasteiger partial charge < -0.3 is 5.43 Å². The maximum Gasteiger partial charge on any atom is 0.150 e. The van der Waals surface area contributed by atoms with Crippen molar-refractivity contribution in [1.82, 2.24) is 4.98 Å². The van der Waals surface area contributed by atoms with Crippen LogP contribution in [0.3, 0.4) is 0 Å². The van der Waals surface area contributed by atoms with E-state index in [0.29, 0.717) is 11.6 Å². The fraction of sp³-hybridized carbons (Fsp3) is 0.357. The lowest BCUT2D eigenvalue weighted by atomic mass is 10.0. The molecule has 0 amide bonds. The lowest BCUT2D eigenvalue weighted by Crippen LogP contribution is -2.10. The number of nitrogens with two attached hydrogens (primary N) is 1. The summed E-state index contributed by atoms with van der Waals surface area (Å²) >= 11 is 3.00. The Hall–Kier alpha value is -1.27. The van der Waals surface area contributed by atoms with Crippen molar-refractivity contribution in [2.45, 2.75) is 31.6 Å². The molecule has 0 saturated heterocycles. The van der Waals surface area contributed by atoms with E-state index in [-0.39, 0.29) is 15.4 Å². The van der Waals surface area contributed by atoms with Crippen LogP contribution in [0.1, 0.15) is 37.3 Å². The number of aromatic nitrogens is 1. The van der Waals surface area contributed by atoms with E-state index in [9.17, 15) is 8.78 Å². The molecular formula is C14H14BrF2N3. The number of hydrazine groups is 1. The highest BCUT2D eigenvalue weighted by atomic mass is 79.9. The lowest BCUT2D eigenvalue weighted by molar-refractivity contribution is 0.608. The van der Waals surface area contributed by atoms with Crippen molar-refractivity contribution in [2.75, 3.05) is 5.43 Å². The smallest absolute Gasteiger partial charge is 0.150 e. The highest BCUT2D eigenvalue weighted by Gasteiger charge is 2.22. The van der Waals surface area contributed by atoms with Gasteiger partial charge in [0.1, 0.15) is 11.3 Å². The summed E-state index contributed by atoms with van der Waals surface area (Å²) < 4.78 is 28.3. The van der Waals surface area contributed by atoms with Gasteiger partial charge in [0.25, 0.3) is 0 Å². The molecule has 1 heterocycles. The number of nitrogens with one attached hydrogen (secondary N) is 1. The molecule has 3 nitrogen and oxygen atoms in total. The maximum absolute atomic E-state index is 14.2. The van der Waals surface area contributed by atoms with Gasteiger partial charge in [0.2, 0.25) is 0 Å². The molecule has 1 saturated carbocycles. The molecule has 20 heavy (non-hydrogen) atoms. The Labute approximate surface area is 123 Å². The average molecular weight is 342 g/mol. The predicted molar refractivity (Wildman–Crippen MR) is 78.4 cm³/mol. The molecule has 0 bridgehead atoms. The first kappa shape index (κ1) is 13.7. The average Bonchev–Trinajstić information content (AvgIpc) is 2.97. The molecule has 3 rings (SSSR count). The molecule has 0 atom stereocenters. The lowest BCUT2D eigenvalue weighted by Gasteiger charge is -2.14. The summed E-state index contributed by atoms with van der Waals surface area (Å²) in [7, 11) is 0. The number of anilines is 1. The number of rotatable bonds is 2. The summed E-state index contributed by atoms with van der Waals surface area (Å²) in [6, 6.07) is 2.83. The number of hydrogen-bond donors (Lipinski definition) is 2. The Morgan fingerprint density at radius 2 is 1.95 bits per heavy atom. The van der Waals surface area contributed by atoms with Crippen molar-refractivity contribution < 1.29 is 8.78 Å². The first-order valence-electron chi connectivity index (χ1n) is 6.56. The van der Waals surface area contributed by atoms with Crippen molar-refractivity contribution in [2.24, 2.45) is 5.84 Å². The molecule has 1 aromatic carbocycles. The van der Waals surface area contributed by atoms with Crippen LogP contribution in [0.5, 0.6) is 0 Å². The van der Waals surface area contributed by atoms with Crippen molar-refractivity contribution in [3.8, 4) is 0 Å². The van der Waals surface area contributed by atoms with Gasteiger partial charge in [-0.15, -0.1) is 0 Å². The minimum Gasteiger partial charge on any atom is -0.323 e. The zero-order valence-corrected chi connectivity index (χ0v) is 12.3. The van der Waals surface area contributed by atoms with Gasteiger partial charge in [0.05, 0.1) is 15.5 Å². The third kappa shape index (κ3) is 2.16. The third-order valence-electron chi connectivity index (χ3n) is 3.88. The van der Waals surface area contributed by atoms with Gasteiger partial charge in [-0.25, -0.2) is 13.8 Å². The Balaban J connectivity index is 2.28. The largest absolute Gasteiger partial charge is 0.323 e. The summed E-state index contributed by atoms with van der Waals surface area (Å²) in [5.41, 5.74) is 3.64. The standard InChI is InChI=1S/C14H14BrF2N3/c15-8-5-9(16)14-12(13(8)17)11(20-18)6-10(19-14)7-3-1-2-4-7/h5-7H,1-4,18H2,(H,19,20). The summed E-state index contributed by atoms with van der Waals surface area (Å²) in [6.45, 7) is 0. The monoisotopic (exact) mass is 341 g/mol. The highest BCUT2D eigenvalue weighted by Crippen LogP contribution is 2.38. The molecule has 1 fully saturated rings. The number of nitrogen functional groups attached to an aromatic ring is 1. The molecule has 1 aromatic heterocycles. The summed E-state index contributed by atoms with van der Waals surface area (Å²) in [5, 5.41) is 0.0844. The molecule has 0 aliphatic heterocycles. The molecule has 0 spiro atoms. The maximum atomic E-state index is 14.2. The number of benzene rings is 1. The Morgan fingerprint density at radius 1 is 1.25 bits per heavy atom. The number of fused-ring (bicyclic) bond motifs is 1.